The molecule has 0 aliphatic heterocycles. The molecule has 0 aliphatic carbocycles. The molecular weight excluding hydrogens is 280 g/mol. The maximum Gasteiger partial charge on any atom is 0.240 e. The molecule has 0 saturated heterocycles. The maximum absolute atomic E-state index is 11.4. The van der Waals surface area contributed by atoms with Crippen LogP contribution < -0.4 is 10.9 Å². The van der Waals surface area contributed by atoms with Gasteiger partial charge in [-0.05, 0) is 23.6 Å². The molecule has 0 saturated carbocycles. The first kappa shape index (κ1) is 12.4. The summed E-state index contributed by atoms with van der Waals surface area (Å²) in [4.78, 5) is 0.698. The van der Waals surface area contributed by atoms with Crippen molar-refractivity contribution in [3.05, 3.63) is 34.7 Å². The van der Waals surface area contributed by atoms with Crippen molar-refractivity contribution in [2.75, 3.05) is 5.73 Å². The van der Waals surface area contributed by atoms with Crippen LogP contribution in [-0.2, 0) is 10.0 Å². The van der Waals surface area contributed by atoms with Gasteiger partial charge in [0.1, 0.15) is 4.90 Å². The molecule has 7 heteroatoms. The second-order valence-corrected chi connectivity index (χ2v) is 6.30. The minimum Gasteiger partial charge on any atom is -0.397 e. The van der Waals surface area contributed by atoms with E-state index >= 15 is 0 Å². The van der Waals surface area contributed by atoms with Gasteiger partial charge in [-0.15, -0.1) is 11.3 Å². The number of nitrogens with two attached hydrogens (primary N) is 2. The minimum absolute atomic E-state index is 0.124. The summed E-state index contributed by atoms with van der Waals surface area (Å²) in [5.74, 6) is 0. The molecule has 0 radical (unpaired) electrons. The van der Waals surface area contributed by atoms with Gasteiger partial charge in [0.25, 0.3) is 0 Å². The highest BCUT2D eigenvalue weighted by molar-refractivity contribution is 7.89. The fraction of sp³-hybridized carbons (Fsp3) is 0. The van der Waals surface area contributed by atoms with Crippen molar-refractivity contribution in [3.63, 3.8) is 0 Å². The fourth-order valence-electron chi connectivity index (χ4n) is 1.46. The minimum atomic E-state index is -3.87. The standard InChI is InChI=1S/C10H9ClN2O2S2/c11-6-4-7(8-2-1-3-16-8)10(12)9(5-6)17(13,14)15/h1-5H,12H2,(H2,13,14,15). The molecule has 0 fully saturated rings. The summed E-state index contributed by atoms with van der Waals surface area (Å²) in [7, 11) is -3.87. The van der Waals surface area contributed by atoms with Crippen LogP contribution in [0.5, 0.6) is 0 Å². The van der Waals surface area contributed by atoms with E-state index in [0.717, 1.165) is 4.88 Å². The first-order valence-electron chi connectivity index (χ1n) is 4.55. The van der Waals surface area contributed by atoms with Crippen LogP contribution in [0.2, 0.25) is 5.02 Å². The van der Waals surface area contributed by atoms with E-state index in [1.807, 2.05) is 17.5 Å². The van der Waals surface area contributed by atoms with Gasteiger partial charge in [0.15, 0.2) is 0 Å². The number of rotatable bonds is 2. The van der Waals surface area contributed by atoms with Crippen molar-refractivity contribution >= 4 is 38.6 Å². The van der Waals surface area contributed by atoms with E-state index in [9.17, 15) is 8.42 Å². The summed E-state index contributed by atoms with van der Waals surface area (Å²) >= 11 is 7.32. The van der Waals surface area contributed by atoms with Gasteiger partial charge >= 0.3 is 0 Å². The Morgan fingerprint density at radius 2 is 2.00 bits per heavy atom. The zero-order valence-corrected chi connectivity index (χ0v) is 10.9. The highest BCUT2D eigenvalue weighted by atomic mass is 35.5. The smallest absolute Gasteiger partial charge is 0.240 e. The number of sulfonamides is 1. The first-order chi connectivity index (χ1) is 7.89. The zero-order chi connectivity index (χ0) is 12.6. The third-order valence-corrected chi connectivity index (χ3v) is 4.27. The van der Waals surface area contributed by atoms with Gasteiger partial charge in [-0.25, -0.2) is 13.6 Å². The van der Waals surface area contributed by atoms with Crippen LogP contribution >= 0.6 is 22.9 Å². The lowest BCUT2D eigenvalue weighted by atomic mass is 10.1. The van der Waals surface area contributed by atoms with E-state index in [1.54, 1.807) is 6.07 Å². The Kier molecular flexibility index (Phi) is 3.13. The van der Waals surface area contributed by atoms with Crippen molar-refractivity contribution in [2.24, 2.45) is 5.14 Å². The number of primary sulfonamides is 1. The lowest BCUT2D eigenvalue weighted by Crippen LogP contribution is -2.14. The Bertz CT molecular complexity index is 651. The molecule has 0 amide bonds. The van der Waals surface area contributed by atoms with E-state index in [4.69, 9.17) is 22.5 Å². The lowest BCUT2D eigenvalue weighted by molar-refractivity contribution is 0.598. The van der Waals surface area contributed by atoms with E-state index < -0.39 is 10.0 Å². The number of anilines is 1. The van der Waals surface area contributed by atoms with Crippen molar-refractivity contribution in [1.82, 2.24) is 0 Å². The molecule has 2 aromatic rings. The van der Waals surface area contributed by atoms with Crippen LogP contribution in [0.3, 0.4) is 0 Å². The number of hydrogen-bond donors (Lipinski definition) is 2. The average Bonchev–Trinajstić information content (AvgIpc) is 2.72. The third-order valence-electron chi connectivity index (χ3n) is 2.20. The predicted octanol–water partition coefficient (Wildman–Crippen LogP) is 2.30. The van der Waals surface area contributed by atoms with E-state index in [2.05, 4.69) is 0 Å². The molecule has 1 heterocycles. The van der Waals surface area contributed by atoms with Gasteiger partial charge in [0.05, 0.1) is 5.69 Å². The van der Waals surface area contributed by atoms with E-state index in [-0.39, 0.29) is 15.6 Å². The molecule has 0 bridgehead atoms. The van der Waals surface area contributed by atoms with Crippen LogP contribution in [0, 0.1) is 0 Å². The van der Waals surface area contributed by atoms with Gasteiger partial charge in [-0.2, -0.15) is 0 Å². The van der Waals surface area contributed by atoms with Gasteiger partial charge in [-0.3, -0.25) is 0 Å². The lowest BCUT2D eigenvalue weighted by Gasteiger charge is -2.09. The average molecular weight is 289 g/mol. The van der Waals surface area contributed by atoms with Gasteiger partial charge < -0.3 is 5.73 Å². The summed E-state index contributed by atoms with van der Waals surface area (Å²) in [6, 6.07) is 6.55. The van der Waals surface area contributed by atoms with Gasteiger partial charge in [0, 0.05) is 15.5 Å². The largest absolute Gasteiger partial charge is 0.397 e. The summed E-state index contributed by atoms with van der Waals surface area (Å²) in [5, 5.41) is 7.24. The SMILES string of the molecule is Nc1c(-c2cccs2)cc(Cl)cc1S(N)(=O)=O. The monoisotopic (exact) mass is 288 g/mol. The molecular formula is C10H9ClN2O2S2. The Balaban J connectivity index is 2.75. The van der Waals surface area contributed by atoms with Gasteiger partial charge in [0.2, 0.25) is 10.0 Å². The zero-order valence-electron chi connectivity index (χ0n) is 8.55. The molecule has 0 unspecified atom stereocenters. The highest BCUT2D eigenvalue weighted by Gasteiger charge is 2.17. The van der Waals surface area contributed by atoms with Crippen LogP contribution in [0.4, 0.5) is 5.69 Å². The Hall–Kier alpha value is -1.08. The highest BCUT2D eigenvalue weighted by Crippen LogP contribution is 2.36. The van der Waals surface area contributed by atoms with Crippen LogP contribution in [0.25, 0.3) is 10.4 Å². The number of benzene rings is 1. The van der Waals surface area contributed by atoms with E-state index in [0.29, 0.717) is 5.56 Å². The van der Waals surface area contributed by atoms with Gasteiger partial charge in [-0.1, -0.05) is 17.7 Å². The third kappa shape index (κ3) is 2.44. The second kappa shape index (κ2) is 4.30. The molecule has 90 valence electrons. The molecule has 0 atom stereocenters. The van der Waals surface area contributed by atoms with Crippen LogP contribution in [0.15, 0.2) is 34.5 Å². The first-order valence-corrected chi connectivity index (χ1v) is 7.35. The predicted molar refractivity (Wildman–Crippen MR) is 70.6 cm³/mol. The number of hydrogen-bond acceptors (Lipinski definition) is 4. The van der Waals surface area contributed by atoms with E-state index in [1.165, 1.54) is 17.4 Å². The second-order valence-electron chi connectivity index (χ2n) is 3.39. The summed E-state index contributed by atoms with van der Waals surface area (Å²) in [5.41, 5.74) is 6.52. The molecule has 17 heavy (non-hydrogen) atoms. The summed E-state index contributed by atoms with van der Waals surface area (Å²) in [6.07, 6.45) is 0. The number of thiophene rings is 1. The molecule has 1 aromatic carbocycles. The Morgan fingerprint density at radius 1 is 1.29 bits per heavy atom. The normalized spacial score (nSPS) is 11.6. The van der Waals surface area contributed by atoms with Crippen molar-refractivity contribution in [1.29, 1.82) is 0 Å². The summed E-state index contributed by atoms with van der Waals surface area (Å²) < 4.78 is 22.7. The van der Waals surface area contributed by atoms with Crippen molar-refractivity contribution in [2.45, 2.75) is 4.90 Å². The number of halogens is 1. The summed E-state index contributed by atoms with van der Waals surface area (Å²) in [6.45, 7) is 0. The molecule has 0 spiro atoms. The Labute approximate surface area is 108 Å². The van der Waals surface area contributed by atoms with Crippen molar-refractivity contribution < 1.29 is 8.42 Å². The number of nitrogen functional groups attached to an aromatic ring is 1. The van der Waals surface area contributed by atoms with Crippen LogP contribution in [-0.4, -0.2) is 8.42 Å². The van der Waals surface area contributed by atoms with Crippen molar-refractivity contribution in [3.8, 4) is 10.4 Å². The molecule has 0 aliphatic rings. The Morgan fingerprint density at radius 3 is 2.53 bits per heavy atom. The molecule has 1 aromatic heterocycles. The van der Waals surface area contributed by atoms with Crippen LogP contribution in [0.1, 0.15) is 0 Å². The molecule has 4 N–H and O–H groups in total. The maximum atomic E-state index is 11.4. The fourth-order valence-corrected chi connectivity index (χ4v) is 3.21. The quantitative estimate of drug-likeness (QED) is 0.831. The topological polar surface area (TPSA) is 86.2 Å². The molecule has 2 rings (SSSR count). The molecule has 4 nitrogen and oxygen atoms in total.